The van der Waals surface area contributed by atoms with Crippen molar-refractivity contribution >= 4 is 5.78 Å². The van der Waals surface area contributed by atoms with E-state index in [1.807, 2.05) is 0 Å². The highest BCUT2D eigenvalue weighted by Crippen LogP contribution is 2.58. The third-order valence-electron chi connectivity index (χ3n) is 5.32. The van der Waals surface area contributed by atoms with Crippen molar-refractivity contribution in [2.24, 2.45) is 23.7 Å². The molecule has 4 aliphatic rings. The molecule has 0 aliphatic heterocycles. The third-order valence-corrected chi connectivity index (χ3v) is 5.32. The summed E-state index contributed by atoms with van der Waals surface area (Å²) in [6.07, 6.45) is 4.92. The molecule has 17 heavy (non-hydrogen) atoms. The highest BCUT2D eigenvalue weighted by atomic mass is 16.1. The lowest BCUT2D eigenvalue weighted by Crippen LogP contribution is -2.50. The zero-order valence-corrected chi connectivity index (χ0v) is 10.0. The van der Waals surface area contributed by atoms with Crippen molar-refractivity contribution in [2.45, 2.75) is 31.6 Å². The first-order chi connectivity index (χ1) is 8.33. The highest BCUT2D eigenvalue weighted by Gasteiger charge is 2.53. The highest BCUT2D eigenvalue weighted by molar-refractivity contribution is 5.86. The van der Waals surface area contributed by atoms with Crippen LogP contribution < -0.4 is 0 Å². The third kappa shape index (κ3) is 1.34. The van der Waals surface area contributed by atoms with Gasteiger partial charge in [-0.2, -0.15) is 0 Å². The van der Waals surface area contributed by atoms with Crippen molar-refractivity contribution in [2.75, 3.05) is 0 Å². The van der Waals surface area contributed by atoms with Crippen LogP contribution in [0.25, 0.3) is 0 Å². The maximum atomic E-state index is 12.4. The van der Waals surface area contributed by atoms with E-state index in [4.69, 9.17) is 0 Å². The van der Waals surface area contributed by atoms with Crippen molar-refractivity contribution in [3.05, 3.63) is 35.9 Å². The summed E-state index contributed by atoms with van der Waals surface area (Å²) in [6.45, 7) is 0. The van der Waals surface area contributed by atoms with E-state index in [1.54, 1.807) is 0 Å². The van der Waals surface area contributed by atoms with E-state index in [-0.39, 0.29) is 0 Å². The average Bonchev–Trinajstić information content (AvgIpc) is 2.36. The van der Waals surface area contributed by atoms with Crippen LogP contribution in [0.4, 0.5) is 0 Å². The molecule has 0 N–H and O–H groups in total. The molecule has 1 aromatic carbocycles. The zero-order chi connectivity index (χ0) is 11.4. The lowest BCUT2D eigenvalue weighted by Gasteiger charge is -2.53. The standard InChI is InChI=1S/C16H18O/c17-16-13-7-10-6-12(9-13)15(14(16)8-10)11-4-2-1-3-5-11/h1-5,10,12-15H,6-9H2/t10?,12?,13?,14?,15-/m0/s1. The van der Waals surface area contributed by atoms with E-state index < -0.39 is 0 Å². The molecule has 88 valence electrons. The predicted octanol–water partition coefficient (Wildman–Crippen LogP) is 3.41. The number of carbonyl (C=O) groups is 1. The van der Waals surface area contributed by atoms with Crippen LogP contribution in [-0.4, -0.2) is 5.78 Å². The van der Waals surface area contributed by atoms with Gasteiger partial charge in [-0.05, 0) is 49.0 Å². The molecule has 0 spiro atoms. The van der Waals surface area contributed by atoms with Gasteiger partial charge in [0.25, 0.3) is 0 Å². The van der Waals surface area contributed by atoms with Gasteiger partial charge in [0.15, 0.2) is 0 Å². The first-order valence-electron chi connectivity index (χ1n) is 6.91. The molecule has 4 fully saturated rings. The van der Waals surface area contributed by atoms with Gasteiger partial charge in [-0.1, -0.05) is 30.3 Å². The first-order valence-corrected chi connectivity index (χ1v) is 6.91. The number of Topliss-reactive ketones (excluding diaryl/α,β-unsaturated/α-hetero) is 1. The molecule has 0 amide bonds. The van der Waals surface area contributed by atoms with Crippen LogP contribution in [0.3, 0.4) is 0 Å². The fourth-order valence-corrected chi connectivity index (χ4v) is 4.81. The molecule has 0 radical (unpaired) electrons. The van der Waals surface area contributed by atoms with E-state index >= 15 is 0 Å². The maximum Gasteiger partial charge on any atom is 0.139 e. The van der Waals surface area contributed by atoms with Crippen molar-refractivity contribution in [3.63, 3.8) is 0 Å². The van der Waals surface area contributed by atoms with Crippen molar-refractivity contribution < 1.29 is 4.79 Å². The van der Waals surface area contributed by atoms with Crippen LogP contribution in [0.2, 0.25) is 0 Å². The Morgan fingerprint density at radius 3 is 2.59 bits per heavy atom. The van der Waals surface area contributed by atoms with Crippen LogP contribution in [0, 0.1) is 23.7 Å². The zero-order valence-electron chi connectivity index (χ0n) is 10.0. The lowest BCUT2D eigenvalue weighted by molar-refractivity contribution is -0.142. The van der Waals surface area contributed by atoms with E-state index in [9.17, 15) is 4.79 Å². The maximum absolute atomic E-state index is 12.4. The Labute approximate surface area is 102 Å². The Kier molecular flexibility index (Phi) is 2.00. The van der Waals surface area contributed by atoms with E-state index in [2.05, 4.69) is 30.3 Å². The topological polar surface area (TPSA) is 17.1 Å². The lowest BCUT2D eigenvalue weighted by atomic mass is 9.50. The summed E-state index contributed by atoms with van der Waals surface area (Å²) in [6, 6.07) is 10.7. The predicted molar refractivity (Wildman–Crippen MR) is 66.6 cm³/mol. The SMILES string of the molecule is O=C1C2CC3CC(C2)[C@H](c2ccccc2)C1C3. The molecule has 4 aliphatic carbocycles. The largest absolute Gasteiger partial charge is 0.299 e. The molecule has 0 saturated heterocycles. The summed E-state index contributed by atoms with van der Waals surface area (Å²) in [4.78, 5) is 12.4. The Hall–Kier alpha value is -1.11. The number of hydrogen-bond acceptors (Lipinski definition) is 1. The molecule has 0 aromatic heterocycles. The normalized spacial score (nSPS) is 43.1. The van der Waals surface area contributed by atoms with Crippen molar-refractivity contribution in [1.29, 1.82) is 0 Å². The smallest absolute Gasteiger partial charge is 0.139 e. The van der Waals surface area contributed by atoms with E-state index in [1.165, 1.54) is 31.2 Å². The van der Waals surface area contributed by atoms with Crippen LogP contribution >= 0.6 is 0 Å². The molecule has 4 saturated carbocycles. The fraction of sp³-hybridized carbons (Fsp3) is 0.562. The van der Waals surface area contributed by atoms with Crippen molar-refractivity contribution in [3.8, 4) is 0 Å². The molecule has 0 heterocycles. The first kappa shape index (κ1) is 9.87. The van der Waals surface area contributed by atoms with Gasteiger partial charge in [0.05, 0.1) is 0 Å². The summed E-state index contributed by atoms with van der Waals surface area (Å²) in [5, 5.41) is 0. The Morgan fingerprint density at radius 2 is 1.76 bits per heavy atom. The average molecular weight is 226 g/mol. The number of hydrogen-bond donors (Lipinski definition) is 0. The number of benzene rings is 1. The Balaban J connectivity index is 1.75. The molecule has 4 unspecified atom stereocenters. The molecule has 5 atom stereocenters. The van der Waals surface area contributed by atoms with Crippen molar-refractivity contribution in [1.82, 2.24) is 0 Å². The molecule has 1 heteroatoms. The summed E-state index contributed by atoms with van der Waals surface area (Å²) < 4.78 is 0. The van der Waals surface area contributed by atoms with Gasteiger partial charge in [0, 0.05) is 11.8 Å². The molecule has 5 rings (SSSR count). The van der Waals surface area contributed by atoms with Gasteiger partial charge in [0.1, 0.15) is 5.78 Å². The Bertz CT molecular complexity index is 450. The summed E-state index contributed by atoms with van der Waals surface area (Å²) in [5.74, 6) is 3.56. The van der Waals surface area contributed by atoms with E-state index in [0.29, 0.717) is 23.5 Å². The van der Waals surface area contributed by atoms with Gasteiger partial charge >= 0.3 is 0 Å². The van der Waals surface area contributed by atoms with Gasteiger partial charge in [-0.15, -0.1) is 0 Å². The van der Waals surface area contributed by atoms with Crippen LogP contribution in [0.15, 0.2) is 30.3 Å². The Morgan fingerprint density at radius 1 is 0.941 bits per heavy atom. The number of ketones is 1. The van der Waals surface area contributed by atoms with Crippen LogP contribution in [0.1, 0.15) is 37.2 Å². The van der Waals surface area contributed by atoms with Gasteiger partial charge in [-0.25, -0.2) is 0 Å². The summed E-state index contributed by atoms with van der Waals surface area (Å²) >= 11 is 0. The second kappa shape index (κ2) is 3.44. The van der Waals surface area contributed by atoms with Crippen LogP contribution in [-0.2, 0) is 4.79 Å². The quantitative estimate of drug-likeness (QED) is 0.717. The molecular weight excluding hydrogens is 208 g/mol. The molecule has 4 bridgehead atoms. The second-order valence-electron chi connectivity index (χ2n) is 6.21. The molecular formula is C16H18O. The van der Waals surface area contributed by atoms with Gasteiger partial charge in [0.2, 0.25) is 0 Å². The number of carbonyl (C=O) groups excluding carboxylic acids is 1. The van der Waals surface area contributed by atoms with E-state index in [0.717, 1.165) is 11.8 Å². The van der Waals surface area contributed by atoms with Gasteiger partial charge in [-0.3, -0.25) is 4.79 Å². The van der Waals surface area contributed by atoms with Gasteiger partial charge < -0.3 is 0 Å². The number of rotatable bonds is 1. The molecule has 1 nitrogen and oxygen atoms in total. The molecule has 1 aromatic rings. The van der Waals surface area contributed by atoms with Crippen LogP contribution in [0.5, 0.6) is 0 Å². The minimum atomic E-state index is 0.355. The minimum Gasteiger partial charge on any atom is -0.299 e. The fourth-order valence-electron chi connectivity index (χ4n) is 4.81. The second-order valence-corrected chi connectivity index (χ2v) is 6.21. The summed E-state index contributed by atoms with van der Waals surface area (Å²) in [5.41, 5.74) is 1.41. The summed E-state index contributed by atoms with van der Waals surface area (Å²) in [7, 11) is 0. The monoisotopic (exact) mass is 226 g/mol. The minimum absolute atomic E-state index is 0.355.